The lowest BCUT2D eigenvalue weighted by atomic mass is 9.28. The molecular formula is C48H39B2N3. The first-order chi connectivity index (χ1) is 25.7. The van der Waals surface area contributed by atoms with Crippen molar-refractivity contribution in [3.05, 3.63) is 161 Å². The second-order valence-corrected chi connectivity index (χ2v) is 15.9. The van der Waals surface area contributed by atoms with Crippen LogP contribution < -0.4 is 47.5 Å². The van der Waals surface area contributed by atoms with E-state index in [1.807, 2.05) is 0 Å². The predicted octanol–water partition coefficient (Wildman–Crippen LogP) is 8.23. The fourth-order valence-electron chi connectivity index (χ4n) is 9.82. The highest BCUT2D eigenvalue weighted by Crippen LogP contribution is 2.49. The summed E-state index contributed by atoms with van der Waals surface area (Å²) in [7, 11) is 0. The Hall–Kier alpha value is -5.93. The van der Waals surface area contributed by atoms with E-state index < -0.39 is 0 Å². The van der Waals surface area contributed by atoms with Gasteiger partial charge in [-0.05, 0) is 129 Å². The normalized spacial score (nSPS) is 14.0. The van der Waals surface area contributed by atoms with Crippen LogP contribution in [0.15, 0.2) is 127 Å². The lowest BCUT2D eigenvalue weighted by Crippen LogP contribution is -2.68. The molecule has 0 fully saturated rings. The van der Waals surface area contributed by atoms with E-state index in [0.29, 0.717) is 0 Å². The number of hydrogen-bond donors (Lipinski definition) is 0. The van der Waals surface area contributed by atoms with Crippen LogP contribution in [0.2, 0.25) is 0 Å². The van der Waals surface area contributed by atoms with E-state index in [-0.39, 0.29) is 13.4 Å². The van der Waals surface area contributed by atoms with Crippen molar-refractivity contribution in [3.8, 4) is 0 Å². The number of nitrogens with zero attached hydrogens (tertiary/aromatic N) is 3. The van der Waals surface area contributed by atoms with E-state index in [2.05, 4.69) is 184 Å². The molecule has 0 unspecified atom stereocenters. The van der Waals surface area contributed by atoms with Crippen molar-refractivity contribution >= 4 is 97.4 Å². The van der Waals surface area contributed by atoms with Crippen LogP contribution in [0.1, 0.15) is 33.4 Å². The fourth-order valence-corrected chi connectivity index (χ4v) is 9.82. The fraction of sp³-hybridized carbons (Fsp3) is 0.125. The Morgan fingerprint density at radius 2 is 0.604 bits per heavy atom. The van der Waals surface area contributed by atoms with Gasteiger partial charge in [0.1, 0.15) is 0 Å². The van der Waals surface area contributed by atoms with Crippen LogP contribution >= 0.6 is 0 Å². The smallest absolute Gasteiger partial charge is 0.252 e. The van der Waals surface area contributed by atoms with Gasteiger partial charge in [0.05, 0.1) is 0 Å². The Balaban J connectivity index is 1.34. The highest BCUT2D eigenvalue weighted by Gasteiger charge is 2.51. The van der Waals surface area contributed by atoms with Crippen LogP contribution in [-0.4, -0.2) is 13.4 Å². The number of fused-ring (bicyclic) bond motifs is 10. The molecule has 7 aromatic carbocycles. The summed E-state index contributed by atoms with van der Waals surface area (Å²) in [5, 5.41) is 0. The van der Waals surface area contributed by atoms with Crippen LogP contribution in [0.5, 0.6) is 0 Å². The van der Waals surface area contributed by atoms with Gasteiger partial charge in [-0.25, -0.2) is 0 Å². The third kappa shape index (κ3) is 4.19. The molecule has 7 aromatic rings. The molecule has 0 spiro atoms. The molecule has 5 heteroatoms. The maximum absolute atomic E-state index is 2.64. The summed E-state index contributed by atoms with van der Waals surface area (Å²) in [6, 6.07) is 49.2. The summed E-state index contributed by atoms with van der Waals surface area (Å²) in [5.41, 5.74) is 27.2. The summed E-state index contributed by atoms with van der Waals surface area (Å²) in [6.45, 7) is 13.5. The van der Waals surface area contributed by atoms with Crippen LogP contribution in [-0.2, 0) is 0 Å². The molecule has 0 saturated heterocycles. The summed E-state index contributed by atoms with van der Waals surface area (Å²) in [4.78, 5) is 7.73. The number of hydrogen-bond acceptors (Lipinski definition) is 3. The first-order valence-electron chi connectivity index (χ1n) is 18.9. The van der Waals surface area contributed by atoms with E-state index >= 15 is 0 Å². The van der Waals surface area contributed by atoms with Crippen molar-refractivity contribution in [2.24, 2.45) is 0 Å². The first-order valence-corrected chi connectivity index (χ1v) is 18.9. The Bertz CT molecular complexity index is 2500. The average molecular weight is 679 g/mol. The monoisotopic (exact) mass is 679 g/mol. The first kappa shape index (κ1) is 30.7. The Morgan fingerprint density at radius 3 is 0.943 bits per heavy atom. The number of anilines is 9. The molecule has 0 atom stereocenters. The maximum atomic E-state index is 2.64. The molecular weight excluding hydrogens is 640 g/mol. The van der Waals surface area contributed by atoms with Gasteiger partial charge in [-0.2, -0.15) is 0 Å². The minimum Gasteiger partial charge on any atom is -0.312 e. The van der Waals surface area contributed by atoms with Gasteiger partial charge in [0, 0.05) is 51.2 Å². The van der Waals surface area contributed by atoms with Gasteiger partial charge in [0.25, 0.3) is 13.4 Å². The zero-order chi connectivity index (χ0) is 35.9. The second-order valence-electron chi connectivity index (χ2n) is 15.9. The number of benzene rings is 7. The van der Waals surface area contributed by atoms with Crippen molar-refractivity contribution in [2.45, 2.75) is 41.5 Å². The summed E-state index contributed by atoms with van der Waals surface area (Å²) >= 11 is 0. The highest BCUT2D eigenvalue weighted by molar-refractivity contribution is 7.04. The number of aryl methyl sites for hydroxylation is 6. The average Bonchev–Trinajstić information content (AvgIpc) is 3.15. The van der Waals surface area contributed by atoms with Crippen molar-refractivity contribution in [2.75, 3.05) is 14.7 Å². The minimum absolute atomic E-state index is 0.0902. The largest absolute Gasteiger partial charge is 0.312 e. The third-order valence-electron chi connectivity index (χ3n) is 12.1. The van der Waals surface area contributed by atoms with Gasteiger partial charge >= 0.3 is 0 Å². The minimum atomic E-state index is 0.0902. The zero-order valence-corrected chi connectivity index (χ0v) is 31.1. The molecule has 0 amide bonds. The van der Waals surface area contributed by atoms with Crippen LogP contribution in [0, 0.1) is 41.5 Å². The summed E-state index contributed by atoms with van der Waals surface area (Å²) in [5.74, 6) is 0. The molecule has 0 bridgehead atoms. The van der Waals surface area contributed by atoms with E-state index in [0.717, 1.165) is 0 Å². The van der Waals surface area contributed by atoms with Crippen LogP contribution in [0.25, 0.3) is 0 Å². The molecule has 0 aromatic heterocycles. The van der Waals surface area contributed by atoms with E-state index in [1.165, 1.54) is 117 Å². The van der Waals surface area contributed by atoms with Crippen molar-refractivity contribution in [3.63, 3.8) is 0 Å². The second kappa shape index (κ2) is 10.8. The SMILES string of the molecule is Cc1ccc(N2c3ccc(C)cc3B3c4cc(C)ccc4N4c5ccc(C)cc5B5c6cc(C)ccc6N(c6ccc(C)cc6)c6cc2c3c4c65)cc1. The van der Waals surface area contributed by atoms with Gasteiger partial charge in [-0.3, -0.25) is 0 Å². The molecule has 0 N–H and O–H groups in total. The van der Waals surface area contributed by atoms with Crippen molar-refractivity contribution in [1.29, 1.82) is 0 Å². The molecule has 4 aliphatic rings. The topological polar surface area (TPSA) is 9.72 Å². The third-order valence-corrected chi connectivity index (χ3v) is 12.1. The standard InChI is InChI=1S/C48H39B2N3/c1-28-7-15-34(16-8-28)51-40-19-11-30(3)23-36(40)49-38-25-32(5)13-21-42(38)53-43-22-14-33(6)26-39(43)50-37-24-31(4)12-20-41(37)52(35-17-9-29(2)10-18-35)45-27-44(51)46(49)48(53)47(45)50/h7-27H,1-6H3. The molecule has 4 aliphatic heterocycles. The quantitative estimate of drug-likeness (QED) is 0.171. The Kier molecular flexibility index (Phi) is 6.25. The molecule has 3 nitrogen and oxygen atoms in total. The van der Waals surface area contributed by atoms with Crippen molar-refractivity contribution < 1.29 is 0 Å². The lowest BCUT2D eigenvalue weighted by Gasteiger charge is -2.51. The number of rotatable bonds is 2. The summed E-state index contributed by atoms with van der Waals surface area (Å²) < 4.78 is 0. The van der Waals surface area contributed by atoms with Gasteiger partial charge < -0.3 is 14.7 Å². The van der Waals surface area contributed by atoms with E-state index in [9.17, 15) is 0 Å². The maximum Gasteiger partial charge on any atom is 0.252 e. The summed E-state index contributed by atoms with van der Waals surface area (Å²) in [6.07, 6.45) is 0. The molecule has 252 valence electrons. The molecule has 4 heterocycles. The zero-order valence-electron chi connectivity index (χ0n) is 31.1. The molecule has 11 rings (SSSR count). The molecule has 53 heavy (non-hydrogen) atoms. The molecule has 0 aliphatic carbocycles. The van der Waals surface area contributed by atoms with Crippen molar-refractivity contribution in [1.82, 2.24) is 0 Å². The van der Waals surface area contributed by atoms with Gasteiger partial charge in [0.2, 0.25) is 0 Å². The van der Waals surface area contributed by atoms with Gasteiger partial charge in [-0.1, -0.05) is 106 Å². The van der Waals surface area contributed by atoms with E-state index in [4.69, 9.17) is 0 Å². The van der Waals surface area contributed by atoms with Crippen LogP contribution in [0.4, 0.5) is 51.2 Å². The lowest BCUT2D eigenvalue weighted by molar-refractivity contribution is 1.22. The molecule has 0 radical (unpaired) electrons. The molecule has 0 saturated carbocycles. The Morgan fingerprint density at radius 1 is 0.302 bits per heavy atom. The van der Waals surface area contributed by atoms with Gasteiger partial charge in [-0.15, -0.1) is 0 Å². The predicted molar refractivity (Wildman–Crippen MR) is 228 cm³/mol. The Labute approximate surface area is 313 Å². The van der Waals surface area contributed by atoms with E-state index in [1.54, 1.807) is 0 Å². The highest BCUT2D eigenvalue weighted by atomic mass is 15.2. The van der Waals surface area contributed by atoms with Gasteiger partial charge in [0.15, 0.2) is 0 Å². The van der Waals surface area contributed by atoms with Crippen LogP contribution in [0.3, 0.4) is 0 Å².